The van der Waals surface area contributed by atoms with Gasteiger partial charge in [0.1, 0.15) is 0 Å². The molecule has 0 aliphatic carbocycles. The second kappa shape index (κ2) is 6.79. The summed E-state index contributed by atoms with van der Waals surface area (Å²) in [5.74, 6) is 0.321. The molecule has 0 aromatic heterocycles. The minimum absolute atomic E-state index is 0.144. The predicted molar refractivity (Wildman–Crippen MR) is 77.8 cm³/mol. The van der Waals surface area contributed by atoms with Gasteiger partial charge in [-0.3, -0.25) is 4.90 Å². The molecule has 1 saturated heterocycles. The minimum atomic E-state index is -4.28. The van der Waals surface area contributed by atoms with Crippen LogP contribution < -0.4 is 5.73 Å². The normalized spacial score (nSPS) is 24.2. The van der Waals surface area contributed by atoms with Gasteiger partial charge >= 0.3 is 6.18 Å². The third-order valence-corrected chi connectivity index (χ3v) is 4.25. The molecule has 1 fully saturated rings. The highest BCUT2D eigenvalue weighted by atomic mass is 19.4. The summed E-state index contributed by atoms with van der Waals surface area (Å²) >= 11 is 0. The van der Waals surface area contributed by atoms with Gasteiger partial charge < -0.3 is 5.73 Å². The maximum atomic E-state index is 12.7. The Kier molecular flexibility index (Phi) is 5.27. The standard InChI is InChI=1S/C16H23F3N2/c1-2-9-21-10-3-4-13(11-20)15(21)12-5-7-14(8-6-12)16(17,18)19/h5-8,13,15H,2-4,9-11,20H2,1H3. The molecule has 2 rings (SSSR count). The Hall–Kier alpha value is -1.07. The van der Waals surface area contributed by atoms with E-state index in [1.54, 1.807) is 12.1 Å². The van der Waals surface area contributed by atoms with Crippen molar-refractivity contribution in [2.45, 2.75) is 38.4 Å². The topological polar surface area (TPSA) is 29.3 Å². The second-order valence-electron chi connectivity index (χ2n) is 5.74. The third kappa shape index (κ3) is 3.77. The summed E-state index contributed by atoms with van der Waals surface area (Å²) < 4.78 is 38.0. The fourth-order valence-electron chi connectivity index (χ4n) is 3.29. The SMILES string of the molecule is CCCN1CCCC(CN)C1c1ccc(C(F)(F)F)cc1. The number of likely N-dealkylation sites (tertiary alicyclic amines) is 1. The maximum absolute atomic E-state index is 12.7. The van der Waals surface area contributed by atoms with Crippen molar-refractivity contribution in [1.29, 1.82) is 0 Å². The van der Waals surface area contributed by atoms with E-state index < -0.39 is 11.7 Å². The van der Waals surface area contributed by atoms with Crippen LogP contribution in [0.1, 0.15) is 43.4 Å². The molecular weight excluding hydrogens is 277 g/mol. The minimum Gasteiger partial charge on any atom is -0.330 e. The number of hydrogen-bond acceptors (Lipinski definition) is 2. The highest BCUT2D eigenvalue weighted by Crippen LogP contribution is 2.37. The van der Waals surface area contributed by atoms with Gasteiger partial charge in [-0.1, -0.05) is 19.1 Å². The van der Waals surface area contributed by atoms with Crippen LogP contribution in [0.3, 0.4) is 0 Å². The summed E-state index contributed by atoms with van der Waals surface area (Å²) in [7, 11) is 0. The number of piperidine rings is 1. The molecule has 1 heterocycles. The van der Waals surface area contributed by atoms with Crippen LogP contribution in [0.4, 0.5) is 13.2 Å². The van der Waals surface area contributed by atoms with E-state index in [1.165, 1.54) is 12.1 Å². The highest BCUT2D eigenvalue weighted by Gasteiger charge is 2.33. The average Bonchev–Trinajstić information content (AvgIpc) is 2.46. The van der Waals surface area contributed by atoms with E-state index in [4.69, 9.17) is 5.73 Å². The Bertz CT molecular complexity index is 440. The number of alkyl halides is 3. The number of benzene rings is 1. The van der Waals surface area contributed by atoms with Crippen LogP contribution in [0.25, 0.3) is 0 Å². The van der Waals surface area contributed by atoms with E-state index in [0.717, 1.165) is 37.9 Å². The zero-order valence-corrected chi connectivity index (χ0v) is 12.4. The Morgan fingerprint density at radius 1 is 1.24 bits per heavy atom. The molecule has 5 heteroatoms. The van der Waals surface area contributed by atoms with Crippen molar-refractivity contribution in [1.82, 2.24) is 4.90 Å². The molecule has 1 aromatic carbocycles. The van der Waals surface area contributed by atoms with Gasteiger partial charge in [0.15, 0.2) is 0 Å². The highest BCUT2D eigenvalue weighted by molar-refractivity contribution is 5.27. The molecule has 1 aromatic rings. The third-order valence-electron chi connectivity index (χ3n) is 4.25. The molecule has 2 atom stereocenters. The monoisotopic (exact) mass is 300 g/mol. The van der Waals surface area contributed by atoms with Crippen molar-refractivity contribution in [3.63, 3.8) is 0 Å². The first-order valence-corrected chi connectivity index (χ1v) is 7.58. The lowest BCUT2D eigenvalue weighted by Gasteiger charge is -2.41. The molecule has 0 saturated carbocycles. The largest absolute Gasteiger partial charge is 0.416 e. The fourth-order valence-corrected chi connectivity index (χ4v) is 3.29. The van der Waals surface area contributed by atoms with Gasteiger partial charge in [0.2, 0.25) is 0 Å². The van der Waals surface area contributed by atoms with Crippen molar-refractivity contribution >= 4 is 0 Å². The quantitative estimate of drug-likeness (QED) is 0.915. The van der Waals surface area contributed by atoms with Crippen molar-refractivity contribution in [3.05, 3.63) is 35.4 Å². The van der Waals surface area contributed by atoms with Gasteiger partial charge in [0, 0.05) is 6.04 Å². The van der Waals surface area contributed by atoms with Gasteiger partial charge in [0.05, 0.1) is 5.56 Å². The summed E-state index contributed by atoms with van der Waals surface area (Å²) in [5, 5.41) is 0. The second-order valence-corrected chi connectivity index (χ2v) is 5.74. The molecule has 0 bridgehead atoms. The van der Waals surface area contributed by atoms with E-state index >= 15 is 0 Å². The lowest BCUT2D eigenvalue weighted by molar-refractivity contribution is -0.137. The van der Waals surface area contributed by atoms with Gasteiger partial charge in [0.25, 0.3) is 0 Å². The molecule has 2 nitrogen and oxygen atoms in total. The number of halogens is 3. The van der Waals surface area contributed by atoms with Crippen LogP contribution in [0.2, 0.25) is 0 Å². The van der Waals surface area contributed by atoms with Crippen molar-refractivity contribution in [2.75, 3.05) is 19.6 Å². The van der Waals surface area contributed by atoms with E-state index in [9.17, 15) is 13.2 Å². The Morgan fingerprint density at radius 2 is 1.90 bits per heavy atom. The molecule has 118 valence electrons. The summed E-state index contributed by atoms with van der Waals surface area (Å²) in [6.45, 7) is 4.65. The lowest BCUT2D eigenvalue weighted by Crippen LogP contribution is -2.41. The van der Waals surface area contributed by atoms with Crippen molar-refractivity contribution in [2.24, 2.45) is 11.7 Å². The molecule has 0 amide bonds. The van der Waals surface area contributed by atoms with Crippen LogP contribution in [-0.4, -0.2) is 24.5 Å². The van der Waals surface area contributed by atoms with Crippen LogP contribution in [-0.2, 0) is 6.18 Å². The lowest BCUT2D eigenvalue weighted by atomic mass is 9.84. The van der Waals surface area contributed by atoms with E-state index in [1.807, 2.05) is 0 Å². The molecule has 1 aliphatic rings. The van der Waals surface area contributed by atoms with E-state index in [-0.39, 0.29) is 6.04 Å². The van der Waals surface area contributed by atoms with Crippen molar-refractivity contribution < 1.29 is 13.2 Å². The summed E-state index contributed by atoms with van der Waals surface area (Å²) in [6, 6.07) is 5.74. The fraction of sp³-hybridized carbons (Fsp3) is 0.625. The first-order valence-electron chi connectivity index (χ1n) is 7.58. The predicted octanol–water partition coefficient (Wildman–Crippen LogP) is 3.83. The molecule has 0 radical (unpaired) electrons. The zero-order valence-electron chi connectivity index (χ0n) is 12.4. The Labute approximate surface area is 124 Å². The van der Waals surface area contributed by atoms with Gasteiger partial charge in [-0.15, -0.1) is 0 Å². The Balaban J connectivity index is 2.26. The smallest absolute Gasteiger partial charge is 0.330 e. The summed E-state index contributed by atoms with van der Waals surface area (Å²) in [6.07, 6.45) is -1.09. The number of hydrogen-bond donors (Lipinski definition) is 1. The summed E-state index contributed by atoms with van der Waals surface area (Å²) in [5.41, 5.74) is 6.24. The van der Waals surface area contributed by atoms with Gasteiger partial charge in [-0.25, -0.2) is 0 Å². The van der Waals surface area contributed by atoms with E-state index in [2.05, 4.69) is 11.8 Å². The summed E-state index contributed by atoms with van der Waals surface area (Å²) in [4.78, 5) is 2.36. The maximum Gasteiger partial charge on any atom is 0.416 e. The van der Waals surface area contributed by atoms with Gasteiger partial charge in [-0.05, 0) is 62.5 Å². The first-order chi connectivity index (χ1) is 9.97. The first kappa shape index (κ1) is 16.3. The number of nitrogens with zero attached hydrogens (tertiary/aromatic N) is 1. The Morgan fingerprint density at radius 3 is 2.43 bits per heavy atom. The molecule has 1 aliphatic heterocycles. The van der Waals surface area contributed by atoms with Crippen LogP contribution in [0.5, 0.6) is 0 Å². The molecule has 0 spiro atoms. The number of nitrogens with two attached hydrogens (primary N) is 1. The molecule has 21 heavy (non-hydrogen) atoms. The van der Waals surface area contributed by atoms with Crippen LogP contribution >= 0.6 is 0 Å². The zero-order chi connectivity index (χ0) is 15.5. The molecule has 2 unspecified atom stereocenters. The van der Waals surface area contributed by atoms with Crippen LogP contribution in [0.15, 0.2) is 24.3 Å². The van der Waals surface area contributed by atoms with Crippen molar-refractivity contribution in [3.8, 4) is 0 Å². The van der Waals surface area contributed by atoms with Crippen LogP contribution in [0, 0.1) is 5.92 Å². The molecular formula is C16H23F3N2. The number of rotatable bonds is 4. The molecule has 2 N–H and O–H groups in total. The van der Waals surface area contributed by atoms with E-state index in [0.29, 0.717) is 12.5 Å². The average molecular weight is 300 g/mol. The van der Waals surface area contributed by atoms with Gasteiger partial charge in [-0.2, -0.15) is 13.2 Å².